The first-order valence-electron chi connectivity index (χ1n) is 7.46. The van der Waals surface area contributed by atoms with E-state index in [4.69, 9.17) is 0 Å². The molecule has 0 unspecified atom stereocenters. The Hall–Kier alpha value is -2.95. The van der Waals surface area contributed by atoms with Crippen molar-refractivity contribution in [1.29, 1.82) is 0 Å². The highest BCUT2D eigenvalue weighted by Gasteiger charge is 2.14. The summed E-state index contributed by atoms with van der Waals surface area (Å²) in [5.41, 5.74) is 6.71. The van der Waals surface area contributed by atoms with E-state index in [-0.39, 0.29) is 11.8 Å². The van der Waals surface area contributed by atoms with E-state index in [0.29, 0.717) is 18.4 Å². The van der Waals surface area contributed by atoms with E-state index in [0.717, 1.165) is 22.5 Å². The van der Waals surface area contributed by atoms with Crippen LogP contribution < -0.4 is 10.7 Å². The maximum absolute atomic E-state index is 12.2. The van der Waals surface area contributed by atoms with Crippen molar-refractivity contribution in [2.45, 2.75) is 19.8 Å². The molecule has 0 fully saturated rings. The summed E-state index contributed by atoms with van der Waals surface area (Å²) >= 11 is 0. The van der Waals surface area contributed by atoms with E-state index in [1.165, 1.54) is 0 Å². The zero-order chi connectivity index (χ0) is 16.2. The van der Waals surface area contributed by atoms with Crippen LogP contribution in [-0.2, 0) is 4.79 Å². The van der Waals surface area contributed by atoms with Crippen LogP contribution >= 0.6 is 0 Å². The molecule has 2 N–H and O–H groups in total. The van der Waals surface area contributed by atoms with Gasteiger partial charge in [-0.1, -0.05) is 29.8 Å². The minimum Gasteiger partial charge on any atom is -0.322 e. The van der Waals surface area contributed by atoms with Crippen LogP contribution in [0.25, 0.3) is 0 Å². The lowest BCUT2D eigenvalue weighted by Gasteiger charge is -2.12. The van der Waals surface area contributed by atoms with E-state index in [9.17, 15) is 9.59 Å². The molecule has 116 valence electrons. The first-order chi connectivity index (χ1) is 11.1. The zero-order valence-electron chi connectivity index (χ0n) is 12.8. The van der Waals surface area contributed by atoms with Gasteiger partial charge >= 0.3 is 0 Å². The molecule has 0 bridgehead atoms. The molecule has 0 spiro atoms. The normalized spacial score (nSPS) is 14.0. The molecular weight excluding hydrogens is 290 g/mol. The molecule has 23 heavy (non-hydrogen) atoms. The monoisotopic (exact) mass is 307 g/mol. The summed E-state index contributed by atoms with van der Waals surface area (Å²) in [5.74, 6) is -0.220. The van der Waals surface area contributed by atoms with Gasteiger partial charge in [-0.15, -0.1) is 0 Å². The van der Waals surface area contributed by atoms with Gasteiger partial charge in [0.15, 0.2) is 0 Å². The smallest absolute Gasteiger partial charge is 0.255 e. The fourth-order valence-electron chi connectivity index (χ4n) is 2.34. The lowest BCUT2D eigenvalue weighted by atomic mass is 10.0. The van der Waals surface area contributed by atoms with Crippen molar-refractivity contribution < 1.29 is 9.59 Å². The molecule has 3 rings (SSSR count). The third-order valence-corrected chi connectivity index (χ3v) is 3.69. The second-order valence-corrected chi connectivity index (χ2v) is 5.49. The quantitative estimate of drug-likeness (QED) is 0.915. The van der Waals surface area contributed by atoms with Crippen molar-refractivity contribution >= 4 is 23.2 Å². The molecule has 2 aromatic rings. The van der Waals surface area contributed by atoms with Gasteiger partial charge in [0.25, 0.3) is 5.91 Å². The van der Waals surface area contributed by atoms with Gasteiger partial charge in [0.2, 0.25) is 5.91 Å². The minimum absolute atomic E-state index is 0.0668. The van der Waals surface area contributed by atoms with Crippen LogP contribution in [0.4, 0.5) is 5.69 Å². The number of nitrogens with zero attached hydrogens (tertiary/aromatic N) is 1. The molecule has 2 aromatic carbocycles. The van der Waals surface area contributed by atoms with Gasteiger partial charge in [-0.2, -0.15) is 5.10 Å². The number of carbonyl (C=O) groups excluding carboxylic acids is 2. The van der Waals surface area contributed by atoms with E-state index in [1.807, 2.05) is 43.3 Å². The topological polar surface area (TPSA) is 70.6 Å². The number of nitrogens with one attached hydrogen (secondary N) is 2. The highest BCUT2D eigenvalue weighted by Crippen LogP contribution is 2.14. The molecule has 1 heterocycles. The Morgan fingerprint density at radius 2 is 1.74 bits per heavy atom. The number of hydrazone groups is 1. The molecule has 1 aliphatic heterocycles. The molecule has 0 saturated carbocycles. The fourth-order valence-corrected chi connectivity index (χ4v) is 2.34. The van der Waals surface area contributed by atoms with Gasteiger partial charge in [0.05, 0.1) is 5.71 Å². The third-order valence-electron chi connectivity index (χ3n) is 3.69. The van der Waals surface area contributed by atoms with Gasteiger partial charge in [-0.3, -0.25) is 9.59 Å². The first-order valence-corrected chi connectivity index (χ1v) is 7.46. The number of carbonyl (C=O) groups is 2. The summed E-state index contributed by atoms with van der Waals surface area (Å²) < 4.78 is 0. The van der Waals surface area contributed by atoms with Crippen molar-refractivity contribution in [2.75, 3.05) is 5.32 Å². The second kappa shape index (κ2) is 6.44. The molecule has 0 atom stereocenters. The van der Waals surface area contributed by atoms with Crippen molar-refractivity contribution in [3.8, 4) is 0 Å². The highest BCUT2D eigenvalue weighted by molar-refractivity contribution is 6.07. The van der Waals surface area contributed by atoms with Crippen LogP contribution in [-0.4, -0.2) is 17.5 Å². The first kappa shape index (κ1) is 15.0. The Morgan fingerprint density at radius 1 is 1.04 bits per heavy atom. The van der Waals surface area contributed by atoms with Crippen LogP contribution in [0.1, 0.15) is 34.3 Å². The Balaban J connectivity index is 1.70. The maximum Gasteiger partial charge on any atom is 0.255 e. The van der Waals surface area contributed by atoms with Crippen LogP contribution in [0, 0.1) is 6.92 Å². The van der Waals surface area contributed by atoms with E-state index in [1.54, 1.807) is 12.1 Å². The number of amides is 2. The van der Waals surface area contributed by atoms with Crippen molar-refractivity contribution in [1.82, 2.24) is 5.43 Å². The molecule has 5 heteroatoms. The number of aryl methyl sites for hydroxylation is 1. The summed E-state index contributed by atoms with van der Waals surface area (Å²) in [6.45, 7) is 2.00. The Bertz CT molecular complexity index is 762. The van der Waals surface area contributed by atoms with E-state index in [2.05, 4.69) is 15.8 Å². The Kier molecular flexibility index (Phi) is 4.19. The SMILES string of the molecule is Cc1ccc(NC(=O)c2ccc(C3=NNC(=O)CC3)cc2)cc1. The van der Waals surface area contributed by atoms with Crippen LogP contribution in [0.15, 0.2) is 53.6 Å². The second-order valence-electron chi connectivity index (χ2n) is 5.49. The van der Waals surface area contributed by atoms with Crippen molar-refractivity contribution in [3.63, 3.8) is 0 Å². The lowest BCUT2D eigenvalue weighted by Crippen LogP contribution is -2.25. The molecule has 5 nitrogen and oxygen atoms in total. The molecule has 0 radical (unpaired) electrons. The fraction of sp³-hybridized carbons (Fsp3) is 0.167. The van der Waals surface area contributed by atoms with Crippen molar-refractivity contribution in [3.05, 3.63) is 65.2 Å². The molecule has 0 aliphatic carbocycles. The number of hydrogen-bond donors (Lipinski definition) is 2. The number of anilines is 1. The minimum atomic E-state index is -0.153. The Morgan fingerprint density at radius 3 is 2.35 bits per heavy atom. The number of rotatable bonds is 3. The molecule has 1 aliphatic rings. The van der Waals surface area contributed by atoms with Crippen LogP contribution in [0.2, 0.25) is 0 Å². The molecule has 2 amide bonds. The molecule has 0 aromatic heterocycles. The van der Waals surface area contributed by atoms with E-state index < -0.39 is 0 Å². The largest absolute Gasteiger partial charge is 0.322 e. The third kappa shape index (κ3) is 3.63. The number of hydrogen-bond acceptors (Lipinski definition) is 3. The summed E-state index contributed by atoms with van der Waals surface area (Å²) in [4.78, 5) is 23.3. The predicted molar refractivity (Wildman–Crippen MR) is 89.5 cm³/mol. The van der Waals surface area contributed by atoms with Crippen LogP contribution in [0.3, 0.4) is 0 Å². The standard InChI is InChI=1S/C18H17N3O2/c1-12-2-8-15(9-3-12)19-18(23)14-6-4-13(5-7-14)16-10-11-17(22)21-20-16/h2-9H,10-11H2,1H3,(H,19,23)(H,21,22). The summed E-state index contributed by atoms with van der Waals surface area (Å²) in [5, 5.41) is 6.91. The molecular formula is C18H17N3O2. The van der Waals surface area contributed by atoms with Crippen LogP contribution in [0.5, 0.6) is 0 Å². The zero-order valence-corrected chi connectivity index (χ0v) is 12.8. The average molecular weight is 307 g/mol. The average Bonchev–Trinajstić information content (AvgIpc) is 2.58. The highest BCUT2D eigenvalue weighted by atomic mass is 16.2. The van der Waals surface area contributed by atoms with Gasteiger partial charge in [-0.25, -0.2) is 5.43 Å². The lowest BCUT2D eigenvalue weighted by molar-refractivity contribution is -0.121. The molecule has 0 saturated heterocycles. The van der Waals surface area contributed by atoms with Crippen molar-refractivity contribution in [2.24, 2.45) is 5.10 Å². The van der Waals surface area contributed by atoms with E-state index >= 15 is 0 Å². The maximum atomic E-state index is 12.2. The van der Waals surface area contributed by atoms with Gasteiger partial charge in [0, 0.05) is 24.1 Å². The Labute approximate surface area is 134 Å². The summed E-state index contributed by atoms with van der Waals surface area (Å²) in [6.07, 6.45) is 1.05. The number of benzene rings is 2. The summed E-state index contributed by atoms with van der Waals surface area (Å²) in [7, 11) is 0. The van der Waals surface area contributed by atoms with Gasteiger partial charge < -0.3 is 5.32 Å². The van der Waals surface area contributed by atoms with Gasteiger partial charge in [-0.05, 0) is 36.8 Å². The van der Waals surface area contributed by atoms with Gasteiger partial charge in [0.1, 0.15) is 0 Å². The predicted octanol–water partition coefficient (Wildman–Crippen LogP) is 2.86. The summed E-state index contributed by atoms with van der Waals surface area (Å²) in [6, 6.07) is 14.9.